The number of carbonyl (C=O) groups excluding carboxylic acids is 1. The van der Waals surface area contributed by atoms with Gasteiger partial charge in [0.25, 0.3) is 0 Å². The van der Waals surface area contributed by atoms with Crippen LogP contribution in [0.1, 0.15) is 42.5 Å². The van der Waals surface area contributed by atoms with Gasteiger partial charge in [0, 0.05) is 35.1 Å². The molecule has 2 unspecified atom stereocenters. The Bertz CT molecular complexity index is 689. The van der Waals surface area contributed by atoms with Crippen LogP contribution < -0.4 is 11.1 Å². The fraction of sp³-hybridized carbons (Fsp3) is 0.500. The Morgan fingerprint density at radius 1 is 1.36 bits per heavy atom. The van der Waals surface area contributed by atoms with Gasteiger partial charge in [-0.1, -0.05) is 12.5 Å². The Balaban J connectivity index is 1.66. The van der Waals surface area contributed by atoms with Crippen LogP contribution in [0, 0.1) is 19.8 Å². The third-order valence-electron chi connectivity index (χ3n) is 4.92. The second-order valence-electron chi connectivity index (χ2n) is 6.60. The van der Waals surface area contributed by atoms with E-state index in [1.807, 2.05) is 0 Å². The first-order chi connectivity index (χ1) is 10.5. The lowest BCUT2D eigenvalue weighted by molar-refractivity contribution is -0.126. The molecule has 1 aromatic carbocycles. The topological polar surface area (TPSA) is 70.9 Å². The molecule has 1 aliphatic carbocycles. The van der Waals surface area contributed by atoms with E-state index in [1.165, 1.54) is 16.6 Å². The molecule has 118 valence electrons. The van der Waals surface area contributed by atoms with Crippen molar-refractivity contribution in [3.8, 4) is 0 Å². The minimum Gasteiger partial charge on any atom is -0.358 e. The quantitative estimate of drug-likeness (QED) is 0.815. The summed E-state index contributed by atoms with van der Waals surface area (Å²) in [6.07, 6.45) is 3.90. The minimum absolute atomic E-state index is 0.0868. The molecular formula is C18H25N3O. The first kappa shape index (κ1) is 15.1. The molecule has 4 heteroatoms. The lowest BCUT2D eigenvalue weighted by atomic mass is 9.85. The van der Waals surface area contributed by atoms with Crippen LogP contribution in [-0.2, 0) is 11.3 Å². The average Bonchev–Trinajstić information content (AvgIpc) is 2.80. The van der Waals surface area contributed by atoms with E-state index in [9.17, 15) is 4.79 Å². The predicted octanol–water partition coefficient (Wildman–Crippen LogP) is 2.92. The summed E-state index contributed by atoms with van der Waals surface area (Å²) in [5, 5.41) is 4.32. The molecule has 1 amide bonds. The Morgan fingerprint density at radius 2 is 2.18 bits per heavy atom. The summed E-state index contributed by atoms with van der Waals surface area (Å²) in [5.41, 5.74) is 10.7. The van der Waals surface area contributed by atoms with Crippen molar-refractivity contribution < 1.29 is 4.79 Å². The standard InChI is InChI=1S/C18H25N3O/c1-11-12(2)21-17-7-6-13(8-16(11)17)10-20-18(22)14-4-3-5-15(19)9-14/h6-8,14-15,21H,3-5,9-10,19H2,1-2H3,(H,20,22). The fourth-order valence-corrected chi connectivity index (χ4v) is 3.42. The highest BCUT2D eigenvalue weighted by Gasteiger charge is 2.24. The molecule has 1 fully saturated rings. The first-order valence-corrected chi connectivity index (χ1v) is 8.15. The van der Waals surface area contributed by atoms with Crippen molar-refractivity contribution in [1.29, 1.82) is 0 Å². The van der Waals surface area contributed by atoms with Gasteiger partial charge in [0.2, 0.25) is 5.91 Å². The van der Waals surface area contributed by atoms with E-state index in [0.717, 1.165) is 36.8 Å². The monoisotopic (exact) mass is 299 g/mol. The molecular weight excluding hydrogens is 274 g/mol. The van der Waals surface area contributed by atoms with E-state index >= 15 is 0 Å². The molecule has 2 aromatic rings. The van der Waals surface area contributed by atoms with Gasteiger partial charge in [-0.2, -0.15) is 0 Å². The zero-order chi connectivity index (χ0) is 15.7. The van der Waals surface area contributed by atoms with Gasteiger partial charge in [-0.3, -0.25) is 4.79 Å². The lowest BCUT2D eigenvalue weighted by Crippen LogP contribution is -2.37. The Hall–Kier alpha value is -1.81. The molecule has 1 aliphatic rings. The highest BCUT2D eigenvalue weighted by molar-refractivity contribution is 5.85. The van der Waals surface area contributed by atoms with Crippen LogP contribution in [0.5, 0.6) is 0 Å². The molecule has 0 spiro atoms. The van der Waals surface area contributed by atoms with E-state index in [2.05, 4.69) is 42.3 Å². The molecule has 4 N–H and O–H groups in total. The second kappa shape index (κ2) is 6.13. The number of nitrogens with two attached hydrogens (primary N) is 1. The number of H-pyrrole nitrogens is 1. The van der Waals surface area contributed by atoms with Gasteiger partial charge >= 0.3 is 0 Å². The summed E-state index contributed by atoms with van der Waals surface area (Å²) in [6, 6.07) is 6.52. The molecule has 1 aromatic heterocycles. The van der Waals surface area contributed by atoms with E-state index in [1.54, 1.807) is 0 Å². The number of hydrogen-bond acceptors (Lipinski definition) is 2. The number of aryl methyl sites for hydroxylation is 2. The van der Waals surface area contributed by atoms with Gasteiger partial charge in [0.15, 0.2) is 0 Å². The van der Waals surface area contributed by atoms with Gasteiger partial charge in [-0.05, 0) is 56.4 Å². The maximum absolute atomic E-state index is 12.3. The van der Waals surface area contributed by atoms with E-state index in [0.29, 0.717) is 6.54 Å². The summed E-state index contributed by atoms with van der Waals surface area (Å²) in [7, 11) is 0. The van der Waals surface area contributed by atoms with Crippen LogP contribution in [0.3, 0.4) is 0 Å². The summed E-state index contributed by atoms with van der Waals surface area (Å²) >= 11 is 0. The van der Waals surface area contributed by atoms with Crippen molar-refractivity contribution >= 4 is 16.8 Å². The number of amides is 1. The van der Waals surface area contributed by atoms with E-state index in [-0.39, 0.29) is 17.9 Å². The highest BCUT2D eigenvalue weighted by Crippen LogP contribution is 2.24. The molecule has 1 saturated carbocycles. The van der Waals surface area contributed by atoms with Crippen molar-refractivity contribution in [2.24, 2.45) is 11.7 Å². The number of hydrogen-bond donors (Lipinski definition) is 3. The Morgan fingerprint density at radius 3 is 2.95 bits per heavy atom. The molecule has 0 aliphatic heterocycles. The van der Waals surface area contributed by atoms with Crippen molar-refractivity contribution in [3.63, 3.8) is 0 Å². The molecule has 0 radical (unpaired) electrons. The number of benzene rings is 1. The van der Waals surface area contributed by atoms with Gasteiger partial charge < -0.3 is 16.0 Å². The average molecular weight is 299 g/mol. The number of nitrogens with one attached hydrogen (secondary N) is 2. The SMILES string of the molecule is Cc1[nH]c2ccc(CNC(=O)C3CCCC(N)C3)cc2c1C. The van der Waals surface area contributed by atoms with E-state index < -0.39 is 0 Å². The van der Waals surface area contributed by atoms with Crippen LogP contribution in [0.15, 0.2) is 18.2 Å². The number of rotatable bonds is 3. The first-order valence-electron chi connectivity index (χ1n) is 8.15. The maximum atomic E-state index is 12.3. The second-order valence-corrected chi connectivity index (χ2v) is 6.60. The van der Waals surface area contributed by atoms with Gasteiger partial charge in [0.1, 0.15) is 0 Å². The summed E-state index contributed by atoms with van der Waals surface area (Å²) < 4.78 is 0. The van der Waals surface area contributed by atoms with Gasteiger partial charge in [-0.15, -0.1) is 0 Å². The minimum atomic E-state index is 0.0868. The van der Waals surface area contributed by atoms with Crippen molar-refractivity contribution in [3.05, 3.63) is 35.0 Å². The molecule has 3 rings (SSSR count). The van der Waals surface area contributed by atoms with Crippen molar-refractivity contribution in [2.45, 2.75) is 52.1 Å². The normalized spacial score (nSPS) is 22.0. The van der Waals surface area contributed by atoms with Crippen LogP contribution in [-0.4, -0.2) is 16.9 Å². The number of fused-ring (bicyclic) bond motifs is 1. The smallest absolute Gasteiger partial charge is 0.223 e. The third kappa shape index (κ3) is 3.02. The maximum Gasteiger partial charge on any atom is 0.223 e. The van der Waals surface area contributed by atoms with Gasteiger partial charge in [-0.25, -0.2) is 0 Å². The lowest BCUT2D eigenvalue weighted by Gasteiger charge is -2.25. The number of aromatic nitrogens is 1. The summed E-state index contributed by atoms with van der Waals surface area (Å²) in [6.45, 7) is 4.80. The molecule has 22 heavy (non-hydrogen) atoms. The van der Waals surface area contributed by atoms with Crippen molar-refractivity contribution in [2.75, 3.05) is 0 Å². The van der Waals surface area contributed by atoms with Gasteiger partial charge in [0.05, 0.1) is 0 Å². The zero-order valence-electron chi connectivity index (χ0n) is 13.4. The third-order valence-corrected chi connectivity index (χ3v) is 4.92. The molecule has 2 atom stereocenters. The van der Waals surface area contributed by atoms with Crippen LogP contribution in [0.25, 0.3) is 10.9 Å². The Labute approximate surface area is 131 Å². The summed E-state index contributed by atoms with van der Waals surface area (Å²) in [4.78, 5) is 15.7. The van der Waals surface area contributed by atoms with E-state index in [4.69, 9.17) is 5.73 Å². The number of aromatic amines is 1. The predicted molar refractivity (Wildman–Crippen MR) is 89.6 cm³/mol. The molecule has 4 nitrogen and oxygen atoms in total. The molecule has 0 bridgehead atoms. The molecule has 0 saturated heterocycles. The zero-order valence-corrected chi connectivity index (χ0v) is 13.4. The van der Waals surface area contributed by atoms with Crippen LogP contribution >= 0.6 is 0 Å². The highest BCUT2D eigenvalue weighted by atomic mass is 16.1. The number of carbonyl (C=O) groups is 1. The summed E-state index contributed by atoms with van der Waals surface area (Å²) in [5.74, 6) is 0.237. The Kier molecular flexibility index (Phi) is 4.21. The largest absolute Gasteiger partial charge is 0.358 e. The fourth-order valence-electron chi connectivity index (χ4n) is 3.42. The molecule has 1 heterocycles. The van der Waals surface area contributed by atoms with Crippen molar-refractivity contribution in [1.82, 2.24) is 10.3 Å². The van der Waals surface area contributed by atoms with Crippen LogP contribution in [0.4, 0.5) is 0 Å². The van der Waals surface area contributed by atoms with Crippen LogP contribution in [0.2, 0.25) is 0 Å².